The van der Waals surface area contributed by atoms with E-state index >= 15 is 0 Å². The zero-order valence-corrected chi connectivity index (χ0v) is 9.52. The Morgan fingerprint density at radius 3 is 2.19 bits per heavy atom. The number of hydrogen-bond donors (Lipinski definition) is 2. The van der Waals surface area contributed by atoms with Crippen LogP contribution < -0.4 is 11.3 Å². The highest BCUT2D eigenvalue weighted by Gasteiger charge is 2.49. The number of carbonyl (C=O) groups excluding carboxylic acids is 1. The van der Waals surface area contributed by atoms with Gasteiger partial charge in [-0.15, -0.1) is 0 Å². The lowest BCUT2D eigenvalue weighted by Crippen LogP contribution is -2.50. The molecule has 0 aromatic carbocycles. The van der Waals surface area contributed by atoms with Crippen molar-refractivity contribution in [2.24, 2.45) is 29.5 Å². The quantitative estimate of drug-likeness (QED) is 0.423. The number of hydrazine groups is 1. The van der Waals surface area contributed by atoms with Crippen molar-refractivity contribution in [1.29, 1.82) is 0 Å². The number of nitrogens with two attached hydrogens (primary N) is 1. The predicted octanol–water partition coefficient (Wildman–Crippen LogP) is 0.818. The van der Waals surface area contributed by atoms with Crippen molar-refractivity contribution in [2.75, 3.05) is 6.54 Å². The van der Waals surface area contributed by atoms with Gasteiger partial charge in [0.25, 0.3) is 0 Å². The Morgan fingerprint density at radius 2 is 1.69 bits per heavy atom. The van der Waals surface area contributed by atoms with Crippen LogP contribution in [0.1, 0.15) is 32.1 Å². The Balaban J connectivity index is 1.65. The topological polar surface area (TPSA) is 64.3 Å². The second-order valence-corrected chi connectivity index (χ2v) is 5.77. The van der Waals surface area contributed by atoms with Crippen molar-refractivity contribution in [3.63, 3.8) is 0 Å². The summed E-state index contributed by atoms with van der Waals surface area (Å²) < 4.78 is 5.59. The molecule has 0 radical (unpaired) electrons. The summed E-state index contributed by atoms with van der Waals surface area (Å²) in [6.45, 7) is 0.128. The number of esters is 1. The molecule has 16 heavy (non-hydrogen) atoms. The molecule has 0 aliphatic heterocycles. The van der Waals surface area contributed by atoms with Crippen LogP contribution in [0.5, 0.6) is 0 Å². The van der Waals surface area contributed by atoms with Gasteiger partial charge < -0.3 is 4.74 Å². The normalized spacial score (nSPS) is 44.7. The zero-order valence-electron chi connectivity index (χ0n) is 9.52. The minimum Gasteiger partial charge on any atom is -0.461 e. The summed E-state index contributed by atoms with van der Waals surface area (Å²) in [5.41, 5.74) is 2.37. The van der Waals surface area contributed by atoms with Gasteiger partial charge in [0.1, 0.15) is 12.6 Å². The Kier molecular flexibility index (Phi) is 2.64. The minimum atomic E-state index is -0.194. The van der Waals surface area contributed by atoms with E-state index in [1.807, 2.05) is 0 Å². The molecule has 4 nitrogen and oxygen atoms in total. The van der Waals surface area contributed by atoms with Crippen LogP contribution in [0.25, 0.3) is 0 Å². The number of ether oxygens (including phenoxy) is 1. The Labute approximate surface area is 95.9 Å². The Hall–Kier alpha value is -0.610. The monoisotopic (exact) mass is 224 g/mol. The highest BCUT2D eigenvalue weighted by atomic mass is 16.5. The zero-order chi connectivity index (χ0) is 11.1. The smallest absolute Gasteiger partial charge is 0.321 e. The molecule has 4 bridgehead atoms. The van der Waals surface area contributed by atoms with E-state index in [0.717, 1.165) is 11.8 Å². The highest BCUT2D eigenvalue weighted by Crippen LogP contribution is 2.54. The molecule has 0 saturated heterocycles. The summed E-state index contributed by atoms with van der Waals surface area (Å²) in [6, 6.07) is 0. The van der Waals surface area contributed by atoms with Crippen molar-refractivity contribution in [1.82, 2.24) is 5.43 Å². The van der Waals surface area contributed by atoms with Crippen molar-refractivity contribution in [3.05, 3.63) is 0 Å². The first-order valence-electron chi connectivity index (χ1n) is 6.39. The van der Waals surface area contributed by atoms with Gasteiger partial charge in [-0.3, -0.25) is 10.6 Å². The van der Waals surface area contributed by atoms with Gasteiger partial charge in [0.05, 0.1) is 0 Å². The van der Waals surface area contributed by atoms with Gasteiger partial charge in [-0.25, -0.2) is 5.43 Å². The fourth-order valence-corrected chi connectivity index (χ4v) is 4.34. The van der Waals surface area contributed by atoms with E-state index in [9.17, 15) is 4.79 Å². The van der Waals surface area contributed by atoms with Crippen LogP contribution in [0.4, 0.5) is 0 Å². The third-order valence-electron chi connectivity index (χ3n) is 4.65. The molecule has 0 unspecified atom stereocenters. The molecule has 4 saturated carbocycles. The molecule has 0 amide bonds. The number of hydrogen-bond acceptors (Lipinski definition) is 4. The molecule has 4 rings (SSSR count). The summed E-state index contributed by atoms with van der Waals surface area (Å²) in [5, 5.41) is 0. The van der Waals surface area contributed by atoms with E-state index in [0.29, 0.717) is 11.8 Å². The second-order valence-electron chi connectivity index (χ2n) is 5.77. The summed E-state index contributed by atoms with van der Waals surface area (Å²) in [4.78, 5) is 11.5. The molecule has 3 N–H and O–H groups in total. The fourth-order valence-electron chi connectivity index (χ4n) is 4.34. The maximum atomic E-state index is 11.5. The van der Waals surface area contributed by atoms with E-state index in [-0.39, 0.29) is 18.6 Å². The first-order valence-corrected chi connectivity index (χ1v) is 6.39. The molecule has 0 aromatic heterocycles. The molecular formula is C12H20N2O2. The number of carbonyl (C=O) groups is 1. The third kappa shape index (κ3) is 1.74. The maximum absolute atomic E-state index is 11.5. The lowest BCUT2D eigenvalue weighted by molar-refractivity contribution is -0.169. The maximum Gasteiger partial charge on any atom is 0.321 e. The molecule has 0 spiro atoms. The van der Waals surface area contributed by atoms with Crippen LogP contribution >= 0.6 is 0 Å². The third-order valence-corrected chi connectivity index (χ3v) is 4.65. The molecule has 4 fully saturated rings. The van der Waals surface area contributed by atoms with E-state index < -0.39 is 0 Å². The second kappa shape index (κ2) is 4.00. The van der Waals surface area contributed by atoms with Crippen molar-refractivity contribution in [2.45, 2.75) is 38.2 Å². The largest absolute Gasteiger partial charge is 0.461 e. The molecule has 0 atom stereocenters. The lowest BCUT2D eigenvalue weighted by atomic mass is 9.55. The van der Waals surface area contributed by atoms with Gasteiger partial charge in [-0.2, -0.15) is 0 Å². The van der Waals surface area contributed by atoms with E-state index in [1.165, 1.54) is 32.1 Å². The average molecular weight is 224 g/mol. The van der Waals surface area contributed by atoms with Crippen LogP contribution in [-0.2, 0) is 9.53 Å². The van der Waals surface area contributed by atoms with Crippen LogP contribution in [-0.4, -0.2) is 18.6 Å². The Bertz CT molecular complexity index is 265. The minimum absolute atomic E-state index is 0.128. The molecule has 4 heteroatoms. The van der Waals surface area contributed by atoms with Gasteiger partial charge in [0.2, 0.25) is 0 Å². The Morgan fingerprint density at radius 1 is 1.12 bits per heavy atom. The first kappa shape index (κ1) is 10.5. The van der Waals surface area contributed by atoms with Gasteiger partial charge in [0.15, 0.2) is 0 Å². The fraction of sp³-hybridized carbons (Fsp3) is 0.917. The van der Waals surface area contributed by atoms with Gasteiger partial charge >= 0.3 is 5.97 Å². The average Bonchev–Trinajstić information content (AvgIpc) is 2.23. The van der Waals surface area contributed by atoms with Crippen molar-refractivity contribution in [3.8, 4) is 0 Å². The molecule has 0 heterocycles. The first-order chi connectivity index (χ1) is 7.76. The number of nitrogens with one attached hydrogen (secondary N) is 1. The predicted molar refractivity (Wildman–Crippen MR) is 59.1 cm³/mol. The summed E-state index contributed by atoms with van der Waals surface area (Å²) >= 11 is 0. The van der Waals surface area contributed by atoms with Gasteiger partial charge in [-0.1, -0.05) is 0 Å². The van der Waals surface area contributed by atoms with E-state index in [1.54, 1.807) is 0 Å². The van der Waals surface area contributed by atoms with E-state index in [4.69, 9.17) is 10.6 Å². The standard InChI is InChI=1S/C12H20N2O2/c13-14-6-11(15)16-12-9-2-7-1-8(4-9)5-10(12)3-7/h7-10,12,14H,1-6,13H2. The lowest BCUT2D eigenvalue weighted by Gasteiger charge is -2.53. The van der Waals surface area contributed by atoms with Crippen molar-refractivity contribution < 1.29 is 9.53 Å². The van der Waals surface area contributed by atoms with Gasteiger partial charge in [0, 0.05) is 0 Å². The molecule has 4 aliphatic carbocycles. The van der Waals surface area contributed by atoms with Gasteiger partial charge in [-0.05, 0) is 55.8 Å². The van der Waals surface area contributed by atoms with Crippen LogP contribution in [0.3, 0.4) is 0 Å². The summed E-state index contributed by atoms with van der Waals surface area (Å²) in [5.74, 6) is 8.05. The van der Waals surface area contributed by atoms with Crippen LogP contribution in [0, 0.1) is 23.7 Å². The van der Waals surface area contributed by atoms with Crippen LogP contribution in [0.15, 0.2) is 0 Å². The summed E-state index contributed by atoms with van der Waals surface area (Å²) in [7, 11) is 0. The molecule has 0 aromatic rings. The SMILES string of the molecule is NNCC(=O)OC1C2CC3CC(C2)CC1C3. The molecular weight excluding hydrogens is 204 g/mol. The molecule has 90 valence electrons. The highest BCUT2D eigenvalue weighted by molar-refractivity contribution is 5.71. The number of rotatable bonds is 3. The van der Waals surface area contributed by atoms with E-state index in [2.05, 4.69) is 5.43 Å². The summed E-state index contributed by atoms with van der Waals surface area (Å²) in [6.07, 6.45) is 6.73. The molecule has 4 aliphatic rings. The van der Waals surface area contributed by atoms with Crippen LogP contribution in [0.2, 0.25) is 0 Å². The van der Waals surface area contributed by atoms with Crippen molar-refractivity contribution >= 4 is 5.97 Å².